The zero-order valence-corrected chi connectivity index (χ0v) is 10.8. The Hall–Kier alpha value is 0.350. The van der Waals surface area contributed by atoms with Crippen LogP contribution in [0.5, 0.6) is 0 Å². The zero-order valence-electron chi connectivity index (χ0n) is 9.87. The predicted octanol–water partition coefficient (Wildman–Crippen LogP) is 3.47. The highest BCUT2D eigenvalue weighted by atomic mass is 31.2. The van der Waals surface area contributed by atoms with Crippen molar-refractivity contribution in [2.75, 3.05) is 13.2 Å². The Balaban J connectivity index is 0.000000671. The third kappa shape index (κ3) is 3.93. The van der Waals surface area contributed by atoms with Crippen molar-refractivity contribution in [1.29, 1.82) is 0 Å². The summed E-state index contributed by atoms with van der Waals surface area (Å²) in [7, 11) is -0.274. The first kappa shape index (κ1) is 13.4. The quantitative estimate of drug-likeness (QED) is 0.640. The van der Waals surface area contributed by atoms with Gasteiger partial charge in [-0.15, -0.1) is 0 Å². The standard InChI is InChI=1S/C8H18NOP.C2H6/c1-7(2)9-5-6-10-11(9)8(3)4;1-2/h7-8H,5-6H2,1-4H3;1-2H3. The normalized spacial score (nSPS) is 23.5. The van der Waals surface area contributed by atoms with Gasteiger partial charge in [-0.2, -0.15) is 0 Å². The van der Waals surface area contributed by atoms with Crippen LogP contribution in [0.2, 0.25) is 0 Å². The highest BCUT2D eigenvalue weighted by molar-refractivity contribution is 7.51. The third-order valence-electron chi connectivity index (χ3n) is 1.83. The van der Waals surface area contributed by atoms with Gasteiger partial charge in [0.1, 0.15) is 8.30 Å². The van der Waals surface area contributed by atoms with Gasteiger partial charge in [0, 0.05) is 18.2 Å². The molecule has 1 heterocycles. The lowest BCUT2D eigenvalue weighted by Gasteiger charge is -2.28. The SMILES string of the molecule is CC.CC(C)N1CCOP1C(C)C. The van der Waals surface area contributed by atoms with Gasteiger partial charge in [-0.05, 0) is 13.8 Å². The van der Waals surface area contributed by atoms with Crippen molar-refractivity contribution >= 4 is 8.30 Å². The molecule has 1 aliphatic rings. The van der Waals surface area contributed by atoms with Crippen LogP contribution in [0.3, 0.4) is 0 Å². The number of nitrogens with zero attached hydrogens (tertiary/aromatic N) is 1. The van der Waals surface area contributed by atoms with Crippen LogP contribution in [-0.2, 0) is 4.52 Å². The van der Waals surface area contributed by atoms with E-state index in [-0.39, 0.29) is 8.30 Å². The van der Waals surface area contributed by atoms with E-state index in [9.17, 15) is 0 Å². The molecule has 3 heteroatoms. The topological polar surface area (TPSA) is 12.5 Å². The average molecular weight is 205 g/mol. The average Bonchev–Trinajstić information content (AvgIpc) is 2.55. The molecule has 1 unspecified atom stereocenters. The van der Waals surface area contributed by atoms with Crippen molar-refractivity contribution in [3.8, 4) is 0 Å². The van der Waals surface area contributed by atoms with Crippen LogP contribution in [0.1, 0.15) is 41.5 Å². The van der Waals surface area contributed by atoms with Crippen LogP contribution in [0, 0.1) is 0 Å². The second-order valence-electron chi connectivity index (χ2n) is 3.49. The van der Waals surface area contributed by atoms with Crippen LogP contribution in [-0.4, -0.2) is 29.5 Å². The van der Waals surface area contributed by atoms with Crippen molar-refractivity contribution < 1.29 is 4.52 Å². The first-order valence-electron chi connectivity index (χ1n) is 5.31. The monoisotopic (exact) mass is 205 g/mol. The van der Waals surface area contributed by atoms with Crippen molar-refractivity contribution in [3.63, 3.8) is 0 Å². The first-order valence-corrected chi connectivity index (χ1v) is 6.59. The zero-order chi connectivity index (χ0) is 10.4. The summed E-state index contributed by atoms with van der Waals surface area (Å²) in [5, 5.41) is 0. The summed E-state index contributed by atoms with van der Waals surface area (Å²) in [6, 6.07) is 0.644. The fourth-order valence-corrected chi connectivity index (χ4v) is 3.37. The molecular formula is C10H24NOP. The molecule has 13 heavy (non-hydrogen) atoms. The Morgan fingerprint density at radius 1 is 1.15 bits per heavy atom. The molecule has 1 atom stereocenters. The van der Waals surface area contributed by atoms with E-state index in [4.69, 9.17) is 4.52 Å². The molecule has 0 aromatic rings. The number of rotatable bonds is 2. The summed E-state index contributed by atoms with van der Waals surface area (Å²) < 4.78 is 8.17. The molecule has 0 spiro atoms. The van der Waals surface area contributed by atoms with E-state index in [0.717, 1.165) is 13.2 Å². The molecule has 1 aliphatic heterocycles. The molecule has 1 rings (SSSR count). The van der Waals surface area contributed by atoms with Gasteiger partial charge >= 0.3 is 0 Å². The van der Waals surface area contributed by atoms with E-state index >= 15 is 0 Å². The maximum atomic E-state index is 5.68. The van der Waals surface area contributed by atoms with Crippen LogP contribution in [0.15, 0.2) is 0 Å². The highest BCUT2D eigenvalue weighted by Crippen LogP contribution is 2.50. The molecular weight excluding hydrogens is 181 g/mol. The summed E-state index contributed by atoms with van der Waals surface area (Å²) >= 11 is 0. The Morgan fingerprint density at radius 3 is 2.00 bits per heavy atom. The minimum absolute atomic E-state index is 0.274. The van der Waals surface area contributed by atoms with Gasteiger partial charge in [-0.3, -0.25) is 4.67 Å². The third-order valence-corrected chi connectivity index (χ3v) is 4.33. The van der Waals surface area contributed by atoms with Crippen molar-refractivity contribution in [2.45, 2.75) is 53.2 Å². The number of hydrogen-bond acceptors (Lipinski definition) is 2. The van der Waals surface area contributed by atoms with Crippen molar-refractivity contribution in [1.82, 2.24) is 4.67 Å². The molecule has 0 saturated carbocycles. The lowest BCUT2D eigenvalue weighted by atomic mass is 10.4. The molecule has 0 amide bonds. The lowest BCUT2D eigenvalue weighted by molar-refractivity contribution is 0.377. The molecule has 1 fully saturated rings. The number of hydrogen-bond donors (Lipinski definition) is 0. The van der Waals surface area contributed by atoms with Gasteiger partial charge in [0.2, 0.25) is 0 Å². The molecule has 0 bridgehead atoms. The van der Waals surface area contributed by atoms with Crippen LogP contribution in [0.4, 0.5) is 0 Å². The Labute approximate surface area is 84.5 Å². The molecule has 1 saturated heterocycles. The molecule has 2 nitrogen and oxygen atoms in total. The van der Waals surface area contributed by atoms with Gasteiger partial charge in [0.05, 0.1) is 6.61 Å². The minimum atomic E-state index is -0.274. The van der Waals surface area contributed by atoms with Gasteiger partial charge in [-0.25, -0.2) is 0 Å². The molecule has 0 aliphatic carbocycles. The molecule has 0 N–H and O–H groups in total. The van der Waals surface area contributed by atoms with Crippen LogP contribution in [0.25, 0.3) is 0 Å². The lowest BCUT2D eigenvalue weighted by Crippen LogP contribution is -2.25. The molecule has 0 radical (unpaired) electrons. The molecule has 0 aromatic carbocycles. The second kappa shape index (κ2) is 6.75. The van der Waals surface area contributed by atoms with Gasteiger partial charge in [-0.1, -0.05) is 27.7 Å². The van der Waals surface area contributed by atoms with Gasteiger partial charge in [0.15, 0.2) is 0 Å². The van der Waals surface area contributed by atoms with Gasteiger partial charge < -0.3 is 4.52 Å². The fourth-order valence-electron chi connectivity index (χ4n) is 1.33. The van der Waals surface area contributed by atoms with Crippen molar-refractivity contribution in [2.24, 2.45) is 0 Å². The summed E-state index contributed by atoms with van der Waals surface area (Å²) in [5.74, 6) is 0. The Morgan fingerprint density at radius 2 is 1.69 bits per heavy atom. The van der Waals surface area contributed by atoms with Crippen LogP contribution >= 0.6 is 8.30 Å². The smallest absolute Gasteiger partial charge is 0.107 e. The summed E-state index contributed by atoms with van der Waals surface area (Å²) in [6.07, 6.45) is 0. The summed E-state index contributed by atoms with van der Waals surface area (Å²) in [5.41, 5.74) is 0.676. The van der Waals surface area contributed by atoms with E-state index in [2.05, 4.69) is 32.4 Å². The summed E-state index contributed by atoms with van der Waals surface area (Å²) in [4.78, 5) is 0. The van der Waals surface area contributed by atoms with Gasteiger partial charge in [0.25, 0.3) is 0 Å². The maximum absolute atomic E-state index is 5.68. The fraction of sp³-hybridized carbons (Fsp3) is 1.00. The van der Waals surface area contributed by atoms with E-state index < -0.39 is 0 Å². The molecule has 0 aromatic heterocycles. The van der Waals surface area contributed by atoms with E-state index in [0.29, 0.717) is 11.7 Å². The maximum Gasteiger partial charge on any atom is 0.107 e. The van der Waals surface area contributed by atoms with E-state index in [1.54, 1.807) is 0 Å². The second-order valence-corrected chi connectivity index (χ2v) is 5.90. The molecule has 80 valence electrons. The van der Waals surface area contributed by atoms with E-state index in [1.165, 1.54) is 0 Å². The Kier molecular flexibility index (Phi) is 6.93. The largest absolute Gasteiger partial charge is 0.342 e. The highest BCUT2D eigenvalue weighted by Gasteiger charge is 2.29. The predicted molar refractivity (Wildman–Crippen MR) is 61.2 cm³/mol. The van der Waals surface area contributed by atoms with Crippen LogP contribution < -0.4 is 0 Å². The van der Waals surface area contributed by atoms with Crippen molar-refractivity contribution in [3.05, 3.63) is 0 Å². The Bertz CT molecular complexity index is 114. The summed E-state index contributed by atoms with van der Waals surface area (Å²) in [6.45, 7) is 15.0. The minimum Gasteiger partial charge on any atom is -0.342 e. The van der Waals surface area contributed by atoms with E-state index in [1.807, 2.05) is 13.8 Å². The first-order chi connectivity index (χ1) is 6.13.